The van der Waals surface area contributed by atoms with E-state index < -0.39 is 0 Å². The second-order valence-corrected chi connectivity index (χ2v) is 12.2. The van der Waals surface area contributed by atoms with Crippen molar-refractivity contribution in [3.63, 3.8) is 0 Å². The van der Waals surface area contributed by atoms with Crippen molar-refractivity contribution in [3.05, 3.63) is 12.4 Å². The molecule has 1 saturated heterocycles. The van der Waals surface area contributed by atoms with Crippen LogP contribution in [0.4, 0.5) is 0 Å². The zero-order chi connectivity index (χ0) is 21.7. The SMILES string of the molecule is CC(C)(C)N1C=CN(C(C)(C)C)B1C#CB1N(C(C)(C)C)CCN1C(C)(C)C. The Hall–Kier alpha value is -1.05. The largest absolute Gasteiger partial charge is 0.464 e. The van der Waals surface area contributed by atoms with Gasteiger partial charge in [0.15, 0.2) is 0 Å². The smallest absolute Gasteiger partial charge is 0.385 e. The third-order valence-electron chi connectivity index (χ3n) is 5.70. The van der Waals surface area contributed by atoms with E-state index in [0.29, 0.717) is 0 Å². The average Bonchev–Trinajstić information content (AvgIpc) is 3.06. The second-order valence-electron chi connectivity index (χ2n) is 12.2. The van der Waals surface area contributed by atoms with E-state index in [1.54, 1.807) is 0 Å². The maximum Gasteiger partial charge on any atom is 0.464 e. The van der Waals surface area contributed by atoms with Gasteiger partial charge in [-0.15, -0.1) is 11.6 Å². The van der Waals surface area contributed by atoms with Crippen molar-refractivity contribution in [3.8, 4) is 11.6 Å². The van der Waals surface area contributed by atoms with Crippen molar-refractivity contribution in [2.45, 2.75) is 105 Å². The standard InChI is InChI=1S/C22H42B2N4/c1-19(2,3)25-15-16-26(20(4,5)6)23(25)13-14-24-27(21(7,8)9)17-18-28(24)22(10,11)12/h15-16H,17-18H2,1-12H3. The summed E-state index contributed by atoms with van der Waals surface area (Å²) in [5, 5.41) is 0. The summed E-state index contributed by atoms with van der Waals surface area (Å²) in [5.74, 6) is 7.42. The van der Waals surface area contributed by atoms with Gasteiger partial charge in [0.1, 0.15) is 0 Å². The predicted octanol–water partition coefficient (Wildman–Crippen LogP) is 3.95. The van der Waals surface area contributed by atoms with Crippen molar-refractivity contribution >= 4 is 14.0 Å². The van der Waals surface area contributed by atoms with Gasteiger partial charge in [-0.3, -0.25) is 0 Å². The molecule has 0 N–H and O–H groups in total. The van der Waals surface area contributed by atoms with Crippen LogP contribution in [0.5, 0.6) is 0 Å². The highest BCUT2D eigenvalue weighted by atomic mass is 15.3. The summed E-state index contributed by atoms with van der Waals surface area (Å²) in [6, 6.07) is 0. The van der Waals surface area contributed by atoms with Crippen molar-refractivity contribution in [2.24, 2.45) is 0 Å². The lowest BCUT2D eigenvalue weighted by Gasteiger charge is -2.41. The first kappa shape index (κ1) is 23.2. The highest BCUT2D eigenvalue weighted by Gasteiger charge is 2.46. The molecule has 0 spiro atoms. The molecule has 0 amide bonds. The Balaban J connectivity index is 2.44. The van der Waals surface area contributed by atoms with E-state index in [2.05, 4.69) is 126 Å². The first-order valence-corrected chi connectivity index (χ1v) is 10.7. The minimum atomic E-state index is 0.0267. The number of nitrogens with zero attached hydrogens (tertiary/aromatic N) is 4. The molecule has 0 bridgehead atoms. The van der Waals surface area contributed by atoms with E-state index in [-0.39, 0.29) is 36.1 Å². The van der Waals surface area contributed by atoms with Crippen molar-refractivity contribution in [1.29, 1.82) is 0 Å². The van der Waals surface area contributed by atoms with Gasteiger partial charge >= 0.3 is 14.0 Å². The zero-order valence-electron chi connectivity index (χ0n) is 20.5. The van der Waals surface area contributed by atoms with Crippen molar-refractivity contribution < 1.29 is 0 Å². The lowest BCUT2D eigenvalue weighted by atomic mass is 9.63. The second kappa shape index (κ2) is 7.33. The Morgan fingerprint density at radius 1 is 0.536 bits per heavy atom. The summed E-state index contributed by atoms with van der Waals surface area (Å²) in [7, 11) is 0. The first-order valence-electron chi connectivity index (χ1n) is 10.7. The van der Waals surface area contributed by atoms with E-state index in [0.717, 1.165) is 13.1 Å². The molecule has 2 rings (SSSR count). The Bertz CT molecular complexity index is 598. The van der Waals surface area contributed by atoms with Gasteiger partial charge in [-0.25, -0.2) is 0 Å². The van der Waals surface area contributed by atoms with Crippen LogP contribution >= 0.6 is 0 Å². The van der Waals surface area contributed by atoms with Gasteiger partial charge in [-0.05, 0) is 83.1 Å². The molecule has 0 radical (unpaired) electrons. The minimum Gasteiger partial charge on any atom is -0.385 e. The molecule has 2 aliphatic rings. The monoisotopic (exact) mass is 384 g/mol. The van der Waals surface area contributed by atoms with Crippen LogP contribution in [0.25, 0.3) is 0 Å². The van der Waals surface area contributed by atoms with Crippen LogP contribution in [0.3, 0.4) is 0 Å². The molecule has 0 unspecified atom stereocenters. The van der Waals surface area contributed by atoms with E-state index in [9.17, 15) is 0 Å². The topological polar surface area (TPSA) is 13.0 Å². The maximum absolute atomic E-state index is 3.72. The molecular weight excluding hydrogens is 342 g/mol. The van der Waals surface area contributed by atoms with Gasteiger partial charge in [0.2, 0.25) is 0 Å². The summed E-state index contributed by atoms with van der Waals surface area (Å²) in [6.45, 7) is 29.7. The highest BCUT2D eigenvalue weighted by Crippen LogP contribution is 2.30. The molecule has 0 saturated carbocycles. The lowest BCUT2D eigenvalue weighted by molar-refractivity contribution is 0.271. The van der Waals surface area contributed by atoms with Crippen LogP contribution in [-0.2, 0) is 0 Å². The normalized spacial score (nSPS) is 20.3. The van der Waals surface area contributed by atoms with E-state index in [4.69, 9.17) is 0 Å². The van der Waals surface area contributed by atoms with Gasteiger partial charge in [0.25, 0.3) is 0 Å². The van der Waals surface area contributed by atoms with Gasteiger partial charge in [-0.1, -0.05) is 0 Å². The van der Waals surface area contributed by atoms with Gasteiger partial charge in [0.05, 0.1) is 0 Å². The van der Waals surface area contributed by atoms with Crippen molar-refractivity contribution in [2.75, 3.05) is 13.1 Å². The fourth-order valence-corrected chi connectivity index (χ4v) is 4.10. The fourth-order valence-electron chi connectivity index (χ4n) is 4.10. The molecule has 0 aromatic carbocycles. The third-order valence-corrected chi connectivity index (χ3v) is 5.70. The van der Waals surface area contributed by atoms with Crippen LogP contribution in [0.1, 0.15) is 83.1 Å². The Kier molecular flexibility index (Phi) is 6.08. The highest BCUT2D eigenvalue weighted by molar-refractivity contribution is 6.69. The zero-order valence-corrected chi connectivity index (χ0v) is 20.5. The molecule has 28 heavy (non-hydrogen) atoms. The summed E-state index contributed by atoms with van der Waals surface area (Å²) < 4.78 is 0. The van der Waals surface area contributed by atoms with Gasteiger partial charge < -0.3 is 19.2 Å². The van der Waals surface area contributed by atoms with E-state index in [1.165, 1.54) is 0 Å². The molecule has 1 fully saturated rings. The minimum absolute atomic E-state index is 0.0267. The Morgan fingerprint density at radius 3 is 1.14 bits per heavy atom. The molecular formula is C22H42B2N4. The Morgan fingerprint density at radius 2 is 0.857 bits per heavy atom. The quantitative estimate of drug-likeness (QED) is 0.463. The fraction of sp³-hybridized carbons (Fsp3) is 0.818. The predicted molar refractivity (Wildman–Crippen MR) is 125 cm³/mol. The van der Waals surface area contributed by atoms with Crippen LogP contribution in [0, 0.1) is 11.6 Å². The maximum atomic E-state index is 3.72. The summed E-state index contributed by atoms with van der Waals surface area (Å²) in [6.07, 6.45) is 4.42. The first-order chi connectivity index (χ1) is 12.4. The summed E-state index contributed by atoms with van der Waals surface area (Å²) in [4.78, 5) is 9.89. The molecule has 2 aliphatic heterocycles. The number of hydrogen-bond acceptors (Lipinski definition) is 4. The molecule has 4 nitrogen and oxygen atoms in total. The molecule has 0 aromatic heterocycles. The van der Waals surface area contributed by atoms with Crippen LogP contribution in [0.2, 0.25) is 0 Å². The molecule has 6 heteroatoms. The summed E-state index contributed by atoms with van der Waals surface area (Å²) in [5.41, 5.74) is 0.249. The third kappa shape index (κ3) is 4.92. The average molecular weight is 384 g/mol. The van der Waals surface area contributed by atoms with Crippen LogP contribution in [0.15, 0.2) is 12.4 Å². The van der Waals surface area contributed by atoms with E-state index in [1.807, 2.05) is 0 Å². The number of rotatable bonds is 0. The van der Waals surface area contributed by atoms with Crippen LogP contribution in [-0.4, -0.2) is 68.5 Å². The van der Waals surface area contributed by atoms with Gasteiger partial charge in [-0.2, -0.15) is 0 Å². The van der Waals surface area contributed by atoms with Crippen molar-refractivity contribution in [1.82, 2.24) is 19.2 Å². The lowest BCUT2D eigenvalue weighted by Crippen LogP contribution is -2.58. The molecule has 0 atom stereocenters. The van der Waals surface area contributed by atoms with E-state index >= 15 is 0 Å². The molecule has 0 aliphatic carbocycles. The Labute approximate surface area is 175 Å². The van der Waals surface area contributed by atoms with Crippen LogP contribution < -0.4 is 0 Å². The number of hydrogen-bond donors (Lipinski definition) is 0. The summed E-state index contributed by atoms with van der Waals surface area (Å²) >= 11 is 0. The van der Waals surface area contributed by atoms with Gasteiger partial charge in [0, 0.05) is 47.6 Å². The molecule has 2 heterocycles. The molecule has 156 valence electrons. The molecule has 0 aromatic rings.